The first-order chi connectivity index (χ1) is 11.3. The Morgan fingerprint density at radius 3 is 2.87 bits per heavy atom. The van der Waals surface area contributed by atoms with E-state index in [0.29, 0.717) is 18.9 Å². The molecule has 0 radical (unpaired) electrons. The van der Waals surface area contributed by atoms with Crippen molar-refractivity contribution in [3.05, 3.63) is 42.1 Å². The Morgan fingerprint density at radius 1 is 1.30 bits per heavy atom. The van der Waals surface area contributed by atoms with Crippen LogP contribution in [-0.2, 0) is 11.2 Å². The van der Waals surface area contributed by atoms with Gasteiger partial charge in [0.15, 0.2) is 0 Å². The van der Waals surface area contributed by atoms with Crippen molar-refractivity contribution in [1.29, 1.82) is 0 Å². The summed E-state index contributed by atoms with van der Waals surface area (Å²) in [7, 11) is 1.65. The van der Waals surface area contributed by atoms with Gasteiger partial charge >= 0.3 is 0 Å². The van der Waals surface area contributed by atoms with Gasteiger partial charge in [-0.1, -0.05) is 31.0 Å². The highest BCUT2D eigenvalue weighted by atomic mass is 16.5. The molecule has 1 heterocycles. The summed E-state index contributed by atoms with van der Waals surface area (Å²) in [6.07, 6.45) is 7.62. The number of benzene rings is 1. The van der Waals surface area contributed by atoms with Gasteiger partial charge in [-0.25, -0.2) is 4.68 Å². The number of carbonyl (C=O) groups is 1. The lowest BCUT2D eigenvalue weighted by molar-refractivity contribution is -0.116. The van der Waals surface area contributed by atoms with Gasteiger partial charge in [0, 0.05) is 12.5 Å². The monoisotopic (exact) mass is 313 g/mol. The molecule has 23 heavy (non-hydrogen) atoms. The second-order valence-corrected chi connectivity index (χ2v) is 5.96. The van der Waals surface area contributed by atoms with E-state index in [9.17, 15) is 4.79 Å². The fourth-order valence-corrected chi connectivity index (χ4v) is 3.22. The van der Waals surface area contributed by atoms with Gasteiger partial charge < -0.3 is 10.1 Å². The molecule has 3 rings (SSSR count). The van der Waals surface area contributed by atoms with E-state index in [1.165, 1.54) is 12.8 Å². The van der Waals surface area contributed by atoms with E-state index in [1.807, 2.05) is 35.0 Å². The zero-order chi connectivity index (χ0) is 16.1. The number of nitrogens with one attached hydrogen (secondary N) is 1. The average molecular weight is 313 g/mol. The van der Waals surface area contributed by atoms with Crippen molar-refractivity contribution in [2.45, 2.75) is 44.6 Å². The molecule has 1 aliphatic carbocycles. The van der Waals surface area contributed by atoms with E-state index in [0.717, 1.165) is 30.0 Å². The van der Waals surface area contributed by atoms with E-state index in [2.05, 4.69) is 10.4 Å². The number of methoxy groups -OCH3 is 1. The van der Waals surface area contributed by atoms with Crippen LogP contribution in [0.15, 0.2) is 36.5 Å². The summed E-state index contributed by atoms with van der Waals surface area (Å²) in [6, 6.07) is 10.1. The van der Waals surface area contributed by atoms with Gasteiger partial charge in [0.1, 0.15) is 11.6 Å². The van der Waals surface area contributed by atoms with Crippen LogP contribution in [-0.4, -0.2) is 22.8 Å². The third kappa shape index (κ3) is 3.73. The third-order valence-electron chi connectivity index (χ3n) is 4.42. The molecule has 1 fully saturated rings. The lowest BCUT2D eigenvalue weighted by Crippen LogP contribution is -2.18. The quantitative estimate of drug-likeness (QED) is 0.887. The van der Waals surface area contributed by atoms with Gasteiger partial charge in [0.25, 0.3) is 0 Å². The number of hydrogen-bond donors (Lipinski definition) is 1. The second-order valence-electron chi connectivity index (χ2n) is 5.96. The molecule has 1 N–H and O–H groups in total. The van der Waals surface area contributed by atoms with Crippen molar-refractivity contribution in [3.63, 3.8) is 0 Å². The Morgan fingerprint density at radius 2 is 2.09 bits per heavy atom. The van der Waals surface area contributed by atoms with Crippen LogP contribution < -0.4 is 10.1 Å². The van der Waals surface area contributed by atoms with Crippen molar-refractivity contribution in [1.82, 2.24) is 9.78 Å². The molecule has 5 nitrogen and oxygen atoms in total. The number of ether oxygens (including phenoxy) is 1. The van der Waals surface area contributed by atoms with Crippen molar-refractivity contribution in [3.8, 4) is 5.75 Å². The molecule has 122 valence electrons. The van der Waals surface area contributed by atoms with Crippen LogP contribution in [0.5, 0.6) is 5.75 Å². The summed E-state index contributed by atoms with van der Waals surface area (Å²) in [4.78, 5) is 12.3. The lowest BCUT2D eigenvalue weighted by Gasteiger charge is -2.14. The number of amides is 1. The van der Waals surface area contributed by atoms with E-state index in [4.69, 9.17) is 4.74 Å². The first-order valence-electron chi connectivity index (χ1n) is 8.23. The third-order valence-corrected chi connectivity index (χ3v) is 4.42. The molecular weight excluding hydrogens is 290 g/mol. The van der Waals surface area contributed by atoms with E-state index < -0.39 is 0 Å². The molecule has 1 aromatic carbocycles. The van der Waals surface area contributed by atoms with Gasteiger partial charge in [-0.3, -0.25) is 4.79 Å². The summed E-state index contributed by atoms with van der Waals surface area (Å²) in [5.41, 5.74) is 1.05. The fraction of sp³-hybridized carbons (Fsp3) is 0.444. The summed E-state index contributed by atoms with van der Waals surface area (Å²) >= 11 is 0. The molecule has 0 aliphatic heterocycles. The smallest absolute Gasteiger partial charge is 0.225 e. The highest BCUT2D eigenvalue weighted by Crippen LogP contribution is 2.31. The van der Waals surface area contributed by atoms with Crippen molar-refractivity contribution in [2.75, 3.05) is 12.4 Å². The minimum Gasteiger partial charge on any atom is -0.496 e. The molecule has 0 atom stereocenters. The zero-order valence-corrected chi connectivity index (χ0v) is 13.5. The minimum absolute atomic E-state index is 0.00986. The molecule has 1 amide bonds. The highest BCUT2D eigenvalue weighted by Gasteiger charge is 2.20. The van der Waals surface area contributed by atoms with Crippen LogP contribution in [0.25, 0.3) is 0 Å². The standard InChI is InChI=1S/C18H23N3O2/c1-23-16-9-5-2-6-14(16)10-11-18(22)20-17-12-13-19-21(17)15-7-3-4-8-15/h2,5-6,9,12-13,15H,3-4,7-8,10-11H2,1H3,(H,20,22). The first-order valence-corrected chi connectivity index (χ1v) is 8.23. The van der Waals surface area contributed by atoms with Crippen LogP contribution in [0, 0.1) is 0 Å². The molecule has 0 spiro atoms. The minimum atomic E-state index is 0.00986. The molecule has 0 unspecified atom stereocenters. The maximum atomic E-state index is 12.3. The predicted molar refractivity (Wildman–Crippen MR) is 89.7 cm³/mol. The summed E-state index contributed by atoms with van der Waals surface area (Å²) in [5, 5.41) is 7.37. The lowest BCUT2D eigenvalue weighted by atomic mass is 10.1. The highest BCUT2D eigenvalue weighted by molar-refractivity contribution is 5.90. The number of carbonyl (C=O) groups excluding carboxylic acids is 1. The molecule has 1 aromatic heterocycles. The number of anilines is 1. The van der Waals surface area contributed by atoms with E-state index in [-0.39, 0.29) is 5.91 Å². The summed E-state index contributed by atoms with van der Waals surface area (Å²) in [6.45, 7) is 0. The average Bonchev–Trinajstić information content (AvgIpc) is 3.24. The Balaban J connectivity index is 1.58. The van der Waals surface area contributed by atoms with Crippen LogP contribution in [0.2, 0.25) is 0 Å². The summed E-state index contributed by atoms with van der Waals surface area (Å²) < 4.78 is 7.29. The van der Waals surface area contributed by atoms with Crippen molar-refractivity contribution in [2.24, 2.45) is 0 Å². The van der Waals surface area contributed by atoms with Gasteiger partial charge in [-0.2, -0.15) is 5.10 Å². The first kappa shape index (κ1) is 15.6. The van der Waals surface area contributed by atoms with Crippen LogP contribution in [0.3, 0.4) is 0 Å². The maximum Gasteiger partial charge on any atom is 0.225 e. The SMILES string of the molecule is COc1ccccc1CCC(=O)Nc1ccnn1C1CCCC1. The maximum absolute atomic E-state index is 12.3. The van der Waals surface area contributed by atoms with E-state index in [1.54, 1.807) is 13.3 Å². The van der Waals surface area contributed by atoms with Gasteiger partial charge in [0.2, 0.25) is 5.91 Å². The topological polar surface area (TPSA) is 56.1 Å². The Hall–Kier alpha value is -2.30. The number of aromatic nitrogens is 2. The Bertz CT molecular complexity index is 660. The molecule has 1 saturated carbocycles. The summed E-state index contributed by atoms with van der Waals surface area (Å²) in [5.74, 6) is 1.65. The predicted octanol–water partition coefficient (Wildman–Crippen LogP) is 3.58. The normalized spacial score (nSPS) is 14.8. The molecule has 2 aromatic rings. The van der Waals surface area contributed by atoms with Crippen LogP contribution in [0.1, 0.15) is 43.7 Å². The molecular formula is C18H23N3O2. The largest absolute Gasteiger partial charge is 0.496 e. The Labute approximate surface area is 136 Å². The van der Waals surface area contributed by atoms with Crippen LogP contribution >= 0.6 is 0 Å². The molecule has 0 bridgehead atoms. The van der Waals surface area contributed by atoms with Crippen molar-refractivity contribution < 1.29 is 9.53 Å². The number of hydrogen-bond acceptors (Lipinski definition) is 3. The molecule has 5 heteroatoms. The number of para-hydroxylation sites is 1. The number of aryl methyl sites for hydroxylation is 1. The molecule has 0 saturated heterocycles. The van der Waals surface area contributed by atoms with Gasteiger partial charge in [-0.15, -0.1) is 0 Å². The second kappa shape index (κ2) is 7.31. The molecule has 1 aliphatic rings. The number of rotatable bonds is 6. The number of nitrogens with zero attached hydrogens (tertiary/aromatic N) is 2. The fourth-order valence-electron chi connectivity index (χ4n) is 3.22. The van der Waals surface area contributed by atoms with Crippen LogP contribution in [0.4, 0.5) is 5.82 Å². The Kier molecular flexibility index (Phi) is 4.95. The zero-order valence-electron chi connectivity index (χ0n) is 13.5. The van der Waals surface area contributed by atoms with Gasteiger partial charge in [-0.05, 0) is 30.9 Å². The van der Waals surface area contributed by atoms with Crippen molar-refractivity contribution >= 4 is 11.7 Å². The van der Waals surface area contributed by atoms with Gasteiger partial charge in [0.05, 0.1) is 19.3 Å². The van der Waals surface area contributed by atoms with E-state index >= 15 is 0 Å².